The quantitative estimate of drug-likeness (QED) is 0.770. The molecule has 5 nitrogen and oxygen atoms in total. The molecule has 4 rings (SSSR count). The van der Waals surface area contributed by atoms with E-state index in [0.29, 0.717) is 0 Å². The van der Waals surface area contributed by atoms with Gasteiger partial charge < -0.3 is 15.2 Å². The molecule has 3 aromatic rings. The molecule has 1 aliphatic rings. The molecule has 0 bridgehead atoms. The molecule has 0 aliphatic carbocycles. The first-order valence-corrected chi connectivity index (χ1v) is 8.34. The minimum atomic E-state index is 0.257. The number of aromatic hydroxyl groups is 1. The highest BCUT2D eigenvalue weighted by atomic mass is 16.5. The molecule has 5 heteroatoms. The van der Waals surface area contributed by atoms with Crippen LogP contribution < -0.4 is 5.32 Å². The fourth-order valence-corrected chi connectivity index (χ4v) is 3.16. The normalized spacial score (nSPS) is 17.5. The van der Waals surface area contributed by atoms with Crippen molar-refractivity contribution in [2.75, 3.05) is 18.5 Å². The minimum Gasteiger partial charge on any atom is -0.508 e. The molecule has 24 heavy (non-hydrogen) atoms. The number of phenols is 1. The van der Waals surface area contributed by atoms with Crippen molar-refractivity contribution in [3.05, 3.63) is 48.2 Å². The molecule has 0 radical (unpaired) electrons. The molecule has 2 aromatic heterocycles. The number of pyridine rings is 1. The van der Waals surface area contributed by atoms with Gasteiger partial charge in [-0.25, -0.2) is 4.98 Å². The maximum atomic E-state index is 9.54. The van der Waals surface area contributed by atoms with E-state index in [1.165, 1.54) is 5.56 Å². The van der Waals surface area contributed by atoms with Gasteiger partial charge in [-0.3, -0.25) is 4.40 Å². The van der Waals surface area contributed by atoms with Crippen molar-refractivity contribution in [1.29, 1.82) is 0 Å². The lowest BCUT2D eigenvalue weighted by Gasteiger charge is -2.13. The number of rotatable bonds is 4. The predicted octanol–water partition coefficient (Wildman–Crippen LogP) is 3.61. The summed E-state index contributed by atoms with van der Waals surface area (Å²) in [5.41, 5.74) is 3.94. The van der Waals surface area contributed by atoms with Gasteiger partial charge in [-0.05, 0) is 55.7 Å². The lowest BCUT2D eigenvalue weighted by molar-refractivity contribution is 0.120. The van der Waals surface area contributed by atoms with Gasteiger partial charge in [-0.2, -0.15) is 0 Å². The molecule has 2 N–H and O–H groups in total. The summed E-state index contributed by atoms with van der Waals surface area (Å²) in [7, 11) is 0. The highest BCUT2D eigenvalue weighted by molar-refractivity contribution is 5.77. The number of imidazole rings is 1. The van der Waals surface area contributed by atoms with Crippen LogP contribution >= 0.6 is 0 Å². The second-order valence-electron chi connectivity index (χ2n) is 6.31. The van der Waals surface area contributed by atoms with Gasteiger partial charge in [0.2, 0.25) is 0 Å². The van der Waals surface area contributed by atoms with Crippen LogP contribution in [0.4, 0.5) is 5.82 Å². The van der Waals surface area contributed by atoms with Crippen LogP contribution in [-0.2, 0) is 4.74 Å². The van der Waals surface area contributed by atoms with Gasteiger partial charge in [0.1, 0.15) is 22.9 Å². The fraction of sp³-hybridized carbons (Fsp3) is 0.316. The molecular weight excluding hydrogens is 302 g/mol. The van der Waals surface area contributed by atoms with Gasteiger partial charge in [-0.1, -0.05) is 6.07 Å². The topological polar surface area (TPSA) is 58.8 Å². The molecule has 1 fully saturated rings. The third-order valence-electron chi connectivity index (χ3n) is 4.43. The number of nitrogens with one attached hydrogen (secondary N) is 1. The van der Waals surface area contributed by atoms with Gasteiger partial charge in [0.15, 0.2) is 0 Å². The summed E-state index contributed by atoms with van der Waals surface area (Å²) in [5.74, 6) is 1.22. The molecule has 0 saturated carbocycles. The summed E-state index contributed by atoms with van der Waals surface area (Å²) >= 11 is 0. The zero-order chi connectivity index (χ0) is 16.5. The predicted molar refractivity (Wildman–Crippen MR) is 94.5 cm³/mol. The third-order valence-corrected chi connectivity index (χ3v) is 4.43. The van der Waals surface area contributed by atoms with E-state index < -0.39 is 0 Å². The largest absolute Gasteiger partial charge is 0.508 e. The third kappa shape index (κ3) is 2.83. The summed E-state index contributed by atoms with van der Waals surface area (Å²) in [6.45, 7) is 3.69. The lowest BCUT2D eigenvalue weighted by Crippen LogP contribution is -2.19. The number of hydrogen-bond acceptors (Lipinski definition) is 4. The van der Waals surface area contributed by atoms with Crippen LogP contribution in [0.1, 0.15) is 18.4 Å². The van der Waals surface area contributed by atoms with Gasteiger partial charge >= 0.3 is 0 Å². The first-order valence-electron chi connectivity index (χ1n) is 8.34. The number of ether oxygens (including phenoxy) is 1. The standard InChI is InChI=1S/C19H21N3O2/c1-13-4-9-17-21-18(14-5-7-15(23)8-6-14)19(22(17)12-13)20-11-16-3-2-10-24-16/h4-9,12,16,20,23H,2-3,10-11H2,1H3/t16-/m0/s1. The Morgan fingerprint density at radius 1 is 1.25 bits per heavy atom. The average Bonchev–Trinajstić information content (AvgIpc) is 3.21. The van der Waals surface area contributed by atoms with E-state index >= 15 is 0 Å². The molecule has 1 aliphatic heterocycles. The van der Waals surface area contributed by atoms with Gasteiger partial charge in [0, 0.05) is 24.9 Å². The number of nitrogens with zero attached hydrogens (tertiary/aromatic N) is 2. The molecule has 124 valence electrons. The zero-order valence-corrected chi connectivity index (χ0v) is 13.7. The van der Waals surface area contributed by atoms with Crippen molar-refractivity contribution in [1.82, 2.24) is 9.38 Å². The highest BCUT2D eigenvalue weighted by Crippen LogP contribution is 2.30. The summed E-state index contributed by atoms with van der Waals surface area (Å²) in [6, 6.07) is 11.2. The smallest absolute Gasteiger partial charge is 0.139 e. The number of phenolic OH excluding ortho intramolecular Hbond substituents is 1. The molecular formula is C19H21N3O2. The Hall–Kier alpha value is -2.53. The molecule has 0 amide bonds. The van der Waals surface area contributed by atoms with E-state index in [4.69, 9.17) is 9.72 Å². The van der Waals surface area contributed by atoms with Crippen molar-refractivity contribution in [3.8, 4) is 17.0 Å². The Balaban J connectivity index is 1.75. The Kier molecular flexibility index (Phi) is 3.86. The van der Waals surface area contributed by atoms with E-state index in [0.717, 1.165) is 48.7 Å². The number of benzene rings is 1. The maximum absolute atomic E-state index is 9.54. The van der Waals surface area contributed by atoms with Crippen molar-refractivity contribution in [3.63, 3.8) is 0 Å². The average molecular weight is 323 g/mol. The summed E-state index contributed by atoms with van der Waals surface area (Å²) in [5, 5.41) is 13.1. The molecule has 1 aromatic carbocycles. The Bertz CT molecular complexity index is 849. The fourth-order valence-electron chi connectivity index (χ4n) is 3.16. The van der Waals surface area contributed by atoms with Crippen LogP contribution in [0.2, 0.25) is 0 Å². The number of aryl methyl sites for hydroxylation is 1. The number of fused-ring (bicyclic) bond motifs is 1. The van der Waals surface area contributed by atoms with E-state index in [1.54, 1.807) is 12.1 Å². The maximum Gasteiger partial charge on any atom is 0.139 e. The first kappa shape index (κ1) is 15.0. The molecule has 1 saturated heterocycles. The molecule has 0 unspecified atom stereocenters. The second kappa shape index (κ2) is 6.17. The SMILES string of the molecule is Cc1ccc2nc(-c3ccc(O)cc3)c(NC[C@@H]3CCCO3)n2c1. The van der Waals surface area contributed by atoms with Crippen LogP contribution in [0.15, 0.2) is 42.6 Å². The zero-order valence-electron chi connectivity index (χ0n) is 13.7. The van der Waals surface area contributed by atoms with Crippen LogP contribution in [0.5, 0.6) is 5.75 Å². The van der Waals surface area contributed by atoms with Crippen LogP contribution in [-0.4, -0.2) is 33.7 Å². The van der Waals surface area contributed by atoms with E-state index in [-0.39, 0.29) is 11.9 Å². The van der Waals surface area contributed by atoms with Gasteiger partial charge in [0.05, 0.1) is 6.10 Å². The number of hydrogen-bond donors (Lipinski definition) is 2. The van der Waals surface area contributed by atoms with E-state index in [2.05, 4.69) is 28.9 Å². The van der Waals surface area contributed by atoms with E-state index in [1.807, 2.05) is 18.2 Å². The van der Waals surface area contributed by atoms with Gasteiger partial charge in [0.25, 0.3) is 0 Å². The van der Waals surface area contributed by atoms with Crippen molar-refractivity contribution in [2.45, 2.75) is 25.9 Å². The van der Waals surface area contributed by atoms with Crippen molar-refractivity contribution < 1.29 is 9.84 Å². The Morgan fingerprint density at radius 2 is 2.08 bits per heavy atom. The molecule has 3 heterocycles. The van der Waals surface area contributed by atoms with Crippen molar-refractivity contribution >= 4 is 11.5 Å². The van der Waals surface area contributed by atoms with Crippen LogP contribution in [0.3, 0.4) is 0 Å². The lowest BCUT2D eigenvalue weighted by atomic mass is 10.1. The van der Waals surface area contributed by atoms with E-state index in [9.17, 15) is 5.11 Å². The highest BCUT2D eigenvalue weighted by Gasteiger charge is 2.19. The number of aromatic nitrogens is 2. The Labute approximate surface area is 140 Å². The molecule has 1 atom stereocenters. The summed E-state index contributed by atoms with van der Waals surface area (Å²) in [4.78, 5) is 4.78. The Morgan fingerprint density at radius 3 is 2.83 bits per heavy atom. The monoisotopic (exact) mass is 323 g/mol. The van der Waals surface area contributed by atoms with Crippen molar-refractivity contribution in [2.24, 2.45) is 0 Å². The first-order chi connectivity index (χ1) is 11.7. The number of anilines is 1. The summed E-state index contributed by atoms with van der Waals surface area (Å²) in [6.07, 6.45) is 4.57. The second-order valence-corrected chi connectivity index (χ2v) is 6.31. The van der Waals surface area contributed by atoms with Crippen LogP contribution in [0, 0.1) is 6.92 Å². The summed E-state index contributed by atoms with van der Waals surface area (Å²) < 4.78 is 7.81. The molecule has 0 spiro atoms. The van der Waals surface area contributed by atoms with Gasteiger partial charge in [-0.15, -0.1) is 0 Å². The minimum absolute atomic E-state index is 0.257. The van der Waals surface area contributed by atoms with Crippen LogP contribution in [0.25, 0.3) is 16.9 Å².